The summed E-state index contributed by atoms with van der Waals surface area (Å²) >= 11 is 0. The molecule has 180 valence electrons. The van der Waals surface area contributed by atoms with Crippen LogP contribution in [0.15, 0.2) is 64.4 Å². The average molecular weight is 478 g/mol. The Morgan fingerprint density at radius 2 is 1.97 bits per heavy atom. The van der Waals surface area contributed by atoms with Crippen molar-refractivity contribution in [2.45, 2.75) is 19.9 Å². The number of urea groups is 1. The van der Waals surface area contributed by atoms with E-state index < -0.39 is 30.6 Å². The summed E-state index contributed by atoms with van der Waals surface area (Å²) < 4.78 is 17.2. The van der Waals surface area contributed by atoms with Gasteiger partial charge < -0.3 is 24.5 Å². The first-order valence-electron chi connectivity index (χ1n) is 10.7. The Morgan fingerprint density at radius 1 is 1.17 bits per heavy atom. The number of tetrazole rings is 1. The number of esters is 2. The molecule has 12 heteroatoms. The Hall–Kier alpha value is -4.74. The number of hydrogen-bond donors (Lipinski definition) is 2. The van der Waals surface area contributed by atoms with Gasteiger partial charge >= 0.3 is 18.0 Å². The largest absolute Gasteiger partial charge is 0.465 e. The second-order valence-electron chi connectivity index (χ2n) is 7.33. The number of nitrogens with zero attached hydrogens (tertiary/aromatic N) is 4. The average Bonchev–Trinajstić information content (AvgIpc) is 3.53. The van der Waals surface area contributed by atoms with Crippen LogP contribution in [0.5, 0.6) is 0 Å². The van der Waals surface area contributed by atoms with Gasteiger partial charge in [0.15, 0.2) is 11.5 Å². The highest BCUT2D eigenvalue weighted by atomic mass is 16.5. The van der Waals surface area contributed by atoms with Crippen molar-refractivity contribution in [1.29, 1.82) is 0 Å². The van der Waals surface area contributed by atoms with Gasteiger partial charge in [0.1, 0.15) is 12.4 Å². The zero-order chi connectivity index (χ0) is 24.8. The predicted octanol–water partition coefficient (Wildman–Crippen LogP) is 1.99. The van der Waals surface area contributed by atoms with Crippen LogP contribution in [0.4, 0.5) is 4.79 Å². The SMILES string of the molecule is CCOC(=O)C1=C(COC(=O)/C(=C/c2ccco2)n2nnnc2-c2ccccc2)NC(=O)N[C@@H]1C. The zero-order valence-electron chi connectivity index (χ0n) is 18.9. The third-order valence-corrected chi connectivity index (χ3v) is 4.97. The van der Waals surface area contributed by atoms with Crippen molar-refractivity contribution < 1.29 is 28.3 Å². The number of benzene rings is 1. The predicted molar refractivity (Wildman–Crippen MR) is 122 cm³/mol. The number of aromatic nitrogens is 4. The molecule has 12 nitrogen and oxygen atoms in total. The van der Waals surface area contributed by atoms with Crippen LogP contribution >= 0.6 is 0 Å². The first-order chi connectivity index (χ1) is 17.0. The van der Waals surface area contributed by atoms with E-state index in [1.807, 2.05) is 18.2 Å². The summed E-state index contributed by atoms with van der Waals surface area (Å²) in [5, 5.41) is 16.8. The van der Waals surface area contributed by atoms with Crippen molar-refractivity contribution in [3.8, 4) is 11.4 Å². The van der Waals surface area contributed by atoms with Gasteiger partial charge in [0.25, 0.3) is 0 Å². The van der Waals surface area contributed by atoms with E-state index in [0.29, 0.717) is 17.1 Å². The van der Waals surface area contributed by atoms with Gasteiger partial charge in [0.2, 0.25) is 0 Å². The lowest BCUT2D eigenvalue weighted by atomic mass is 10.0. The van der Waals surface area contributed by atoms with Crippen molar-refractivity contribution in [3.63, 3.8) is 0 Å². The first-order valence-corrected chi connectivity index (χ1v) is 10.7. The number of furan rings is 1. The van der Waals surface area contributed by atoms with Crippen molar-refractivity contribution in [3.05, 3.63) is 65.8 Å². The maximum Gasteiger partial charge on any atom is 0.357 e. The van der Waals surface area contributed by atoms with E-state index >= 15 is 0 Å². The Morgan fingerprint density at radius 3 is 2.69 bits per heavy atom. The molecule has 3 aromatic rings. The molecule has 1 aliphatic rings. The highest BCUT2D eigenvalue weighted by Crippen LogP contribution is 2.22. The molecule has 4 rings (SSSR count). The number of carbonyl (C=O) groups is 3. The molecular weight excluding hydrogens is 456 g/mol. The lowest BCUT2D eigenvalue weighted by Crippen LogP contribution is -2.50. The minimum Gasteiger partial charge on any atom is -0.465 e. The summed E-state index contributed by atoms with van der Waals surface area (Å²) in [5.74, 6) is -0.781. The number of nitrogens with one attached hydrogen (secondary N) is 2. The molecule has 0 spiro atoms. The molecule has 2 N–H and O–H groups in total. The van der Waals surface area contributed by atoms with Crippen molar-refractivity contribution >= 4 is 29.7 Å². The third-order valence-electron chi connectivity index (χ3n) is 4.97. The summed E-state index contributed by atoms with van der Waals surface area (Å²) in [6.07, 6.45) is 2.88. The van der Waals surface area contributed by atoms with Crippen LogP contribution in [0.1, 0.15) is 19.6 Å². The van der Waals surface area contributed by atoms with E-state index in [2.05, 4.69) is 26.2 Å². The Kier molecular flexibility index (Phi) is 7.00. The first kappa shape index (κ1) is 23.4. The van der Waals surface area contributed by atoms with Gasteiger partial charge in [-0.05, 0) is 36.4 Å². The van der Waals surface area contributed by atoms with Crippen molar-refractivity contribution in [2.75, 3.05) is 13.2 Å². The zero-order valence-corrected chi connectivity index (χ0v) is 18.9. The molecule has 0 radical (unpaired) electrons. The van der Waals surface area contributed by atoms with Gasteiger partial charge in [-0.25, -0.2) is 14.4 Å². The van der Waals surface area contributed by atoms with Gasteiger partial charge in [0.05, 0.1) is 30.2 Å². The van der Waals surface area contributed by atoms with E-state index in [9.17, 15) is 14.4 Å². The van der Waals surface area contributed by atoms with Crippen LogP contribution < -0.4 is 10.6 Å². The highest BCUT2D eigenvalue weighted by molar-refractivity contribution is 6.15. The maximum absolute atomic E-state index is 13.2. The van der Waals surface area contributed by atoms with Gasteiger partial charge in [-0.3, -0.25) is 0 Å². The lowest BCUT2D eigenvalue weighted by molar-refractivity contribution is -0.140. The highest BCUT2D eigenvalue weighted by Gasteiger charge is 2.31. The fraction of sp³-hybridized carbons (Fsp3) is 0.217. The lowest BCUT2D eigenvalue weighted by Gasteiger charge is -2.26. The fourth-order valence-corrected chi connectivity index (χ4v) is 3.44. The second kappa shape index (κ2) is 10.5. The second-order valence-corrected chi connectivity index (χ2v) is 7.33. The van der Waals surface area contributed by atoms with Gasteiger partial charge in [-0.1, -0.05) is 30.3 Å². The fourth-order valence-electron chi connectivity index (χ4n) is 3.44. The quantitative estimate of drug-likeness (QED) is 0.366. The van der Waals surface area contributed by atoms with Crippen LogP contribution in [0.25, 0.3) is 23.2 Å². The van der Waals surface area contributed by atoms with Crippen LogP contribution in [-0.4, -0.2) is 57.4 Å². The van der Waals surface area contributed by atoms with Crippen LogP contribution in [0, 0.1) is 0 Å². The number of hydrogen-bond acceptors (Lipinski definition) is 9. The molecule has 35 heavy (non-hydrogen) atoms. The summed E-state index contributed by atoms with van der Waals surface area (Å²) in [7, 11) is 0. The molecule has 1 atom stereocenters. The molecule has 0 unspecified atom stereocenters. The molecule has 0 fully saturated rings. The summed E-state index contributed by atoms with van der Waals surface area (Å²) in [6, 6.07) is 11.2. The smallest absolute Gasteiger partial charge is 0.357 e. The molecule has 2 aromatic heterocycles. The Balaban J connectivity index is 1.66. The normalized spacial score (nSPS) is 15.9. The van der Waals surface area contributed by atoms with E-state index in [4.69, 9.17) is 13.9 Å². The minimum atomic E-state index is -0.818. The molecule has 2 amide bonds. The van der Waals surface area contributed by atoms with E-state index in [1.165, 1.54) is 17.0 Å². The summed E-state index contributed by atoms with van der Waals surface area (Å²) in [5.41, 5.74) is 0.895. The minimum absolute atomic E-state index is 0.0459. The number of ether oxygens (including phenoxy) is 2. The molecule has 0 saturated carbocycles. The van der Waals surface area contributed by atoms with Crippen LogP contribution in [0.2, 0.25) is 0 Å². The van der Waals surface area contributed by atoms with Gasteiger partial charge in [0, 0.05) is 11.6 Å². The number of amides is 2. The molecule has 1 aromatic carbocycles. The van der Waals surface area contributed by atoms with Gasteiger partial charge in [-0.2, -0.15) is 4.68 Å². The Bertz CT molecular complexity index is 1280. The van der Waals surface area contributed by atoms with E-state index in [1.54, 1.807) is 38.1 Å². The molecule has 0 aliphatic carbocycles. The summed E-state index contributed by atoms with van der Waals surface area (Å²) in [6.45, 7) is 3.04. The molecule has 1 aliphatic heterocycles. The van der Waals surface area contributed by atoms with Crippen LogP contribution in [-0.2, 0) is 19.1 Å². The van der Waals surface area contributed by atoms with Crippen molar-refractivity contribution in [1.82, 2.24) is 30.8 Å². The molecular formula is C23H22N6O6. The molecule has 3 heterocycles. The van der Waals surface area contributed by atoms with Gasteiger partial charge in [-0.15, -0.1) is 5.10 Å². The molecule has 0 bridgehead atoms. The Labute approximate surface area is 199 Å². The van der Waals surface area contributed by atoms with Crippen LogP contribution in [0.3, 0.4) is 0 Å². The topological polar surface area (TPSA) is 150 Å². The maximum atomic E-state index is 13.2. The standard InChI is InChI=1S/C23H22N6O6/c1-3-33-22(31)19-14(2)24-23(32)25-17(19)13-35-21(30)18(12-16-10-7-11-34-16)29-20(26-27-28-29)15-8-5-4-6-9-15/h4-12,14H,3,13H2,1-2H3,(H2,24,25,32)/b18-12-/t14-/m1/s1. The van der Waals surface area contributed by atoms with Crippen molar-refractivity contribution in [2.24, 2.45) is 0 Å². The molecule has 0 saturated heterocycles. The third kappa shape index (κ3) is 5.27. The number of rotatable bonds is 8. The van der Waals surface area contributed by atoms with E-state index in [0.717, 1.165) is 0 Å². The van der Waals surface area contributed by atoms with E-state index in [-0.39, 0.29) is 23.6 Å². The summed E-state index contributed by atoms with van der Waals surface area (Å²) in [4.78, 5) is 37.7. The number of carbonyl (C=O) groups excluding carboxylic acids is 3. The monoisotopic (exact) mass is 478 g/mol.